The highest BCUT2D eigenvalue weighted by Gasteiger charge is 2.29. The fourth-order valence-electron chi connectivity index (χ4n) is 5.61. The number of rotatable bonds is 9. The van der Waals surface area contributed by atoms with Crippen LogP contribution in [0.3, 0.4) is 0 Å². The van der Waals surface area contributed by atoms with Gasteiger partial charge >= 0.3 is 5.97 Å². The van der Waals surface area contributed by atoms with Crippen LogP contribution in [0, 0.1) is 17.1 Å². The van der Waals surface area contributed by atoms with Crippen molar-refractivity contribution in [2.24, 2.45) is 0 Å². The van der Waals surface area contributed by atoms with Gasteiger partial charge in [-0.3, -0.25) is 9.69 Å². The van der Waals surface area contributed by atoms with E-state index in [0.29, 0.717) is 43.2 Å². The van der Waals surface area contributed by atoms with Gasteiger partial charge in [0.1, 0.15) is 28.7 Å². The van der Waals surface area contributed by atoms with Crippen LogP contribution in [-0.4, -0.2) is 71.9 Å². The average Bonchev–Trinajstić information content (AvgIpc) is 3.03. The number of methoxy groups -OCH3 is 1. The first-order valence-electron chi connectivity index (χ1n) is 14.2. The molecule has 11 heteroatoms. The molecule has 0 saturated carbocycles. The largest absolute Gasteiger partial charge is 0.492 e. The second-order valence-corrected chi connectivity index (χ2v) is 10.3. The standard InChI is InChI=1S/C32H33FN6O4/c1-4-36(5-2)19-21-8-10-23(11-9-21)39-20-25(32(41)42)29(40)24-17-26(33)28(30(43-3)27(24)39)37-13-15-38(16-14-37)31-22(18-34)7-6-12-35-31/h6-12,17,20H,4-5,13-16,19H2,1-3H3,(H,41,42). The van der Waals surface area contributed by atoms with Crippen LogP contribution in [0.4, 0.5) is 15.9 Å². The van der Waals surface area contributed by atoms with Crippen LogP contribution < -0.4 is 20.0 Å². The summed E-state index contributed by atoms with van der Waals surface area (Å²) in [5, 5.41) is 19.2. The molecule has 0 amide bonds. The fraction of sp³-hybridized carbons (Fsp3) is 0.312. The molecule has 4 aromatic rings. The number of carboxylic acids is 1. The Bertz CT molecular complexity index is 1750. The number of pyridine rings is 2. The predicted octanol–water partition coefficient (Wildman–Crippen LogP) is 4.27. The lowest BCUT2D eigenvalue weighted by molar-refractivity contribution is 0.0695. The maximum absolute atomic E-state index is 15.9. The Morgan fingerprint density at radius 1 is 1.12 bits per heavy atom. The van der Waals surface area contributed by atoms with Crippen LogP contribution in [0.1, 0.15) is 35.3 Å². The Labute approximate surface area is 248 Å². The summed E-state index contributed by atoms with van der Waals surface area (Å²) >= 11 is 0. The van der Waals surface area contributed by atoms with Crippen molar-refractivity contribution in [3.8, 4) is 17.5 Å². The third-order valence-electron chi connectivity index (χ3n) is 7.92. The topological polar surface area (TPSA) is 115 Å². The lowest BCUT2D eigenvalue weighted by atomic mass is 10.1. The first kappa shape index (κ1) is 29.5. The number of nitrogens with zero attached hydrogens (tertiary/aromatic N) is 6. The summed E-state index contributed by atoms with van der Waals surface area (Å²) in [6.07, 6.45) is 2.91. The number of anilines is 2. The molecular weight excluding hydrogens is 551 g/mol. The van der Waals surface area contributed by atoms with Gasteiger partial charge in [-0.05, 0) is 49.0 Å². The molecule has 2 aromatic carbocycles. The summed E-state index contributed by atoms with van der Waals surface area (Å²) in [7, 11) is 1.41. The van der Waals surface area contributed by atoms with Gasteiger partial charge in [0.25, 0.3) is 0 Å². The minimum Gasteiger partial charge on any atom is -0.492 e. The van der Waals surface area contributed by atoms with E-state index in [0.717, 1.165) is 31.3 Å². The van der Waals surface area contributed by atoms with Gasteiger partial charge in [-0.1, -0.05) is 26.0 Å². The third-order valence-corrected chi connectivity index (χ3v) is 7.92. The van der Waals surface area contributed by atoms with Crippen LogP contribution in [0.2, 0.25) is 0 Å². The van der Waals surface area contributed by atoms with Gasteiger partial charge in [-0.25, -0.2) is 14.2 Å². The molecule has 222 valence electrons. The highest BCUT2D eigenvalue weighted by atomic mass is 19.1. The van der Waals surface area contributed by atoms with E-state index in [4.69, 9.17) is 4.74 Å². The maximum Gasteiger partial charge on any atom is 0.341 e. The van der Waals surface area contributed by atoms with Crippen LogP contribution >= 0.6 is 0 Å². The molecule has 3 heterocycles. The van der Waals surface area contributed by atoms with E-state index in [1.165, 1.54) is 13.3 Å². The van der Waals surface area contributed by atoms with E-state index >= 15 is 4.39 Å². The summed E-state index contributed by atoms with van der Waals surface area (Å²) in [5.41, 5.74) is 1.37. The molecule has 0 atom stereocenters. The molecule has 0 radical (unpaired) electrons. The van der Waals surface area contributed by atoms with Gasteiger partial charge in [0.15, 0.2) is 11.6 Å². The molecule has 1 aliphatic rings. The van der Waals surface area contributed by atoms with Gasteiger partial charge < -0.3 is 24.2 Å². The quantitative estimate of drug-likeness (QED) is 0.308. The van der Waals surface area contributed by atoms with E-state index in [2.05, 4.69) is 29.8 Å². The highest BCUT2D eigenvalue weighted by molar-refractivity contribution is 5.97. The number of hydrogen-bond donors (Lipinski definition) is 1. The van der Waals surface area contributed by atoms with Crippen molar-refractivity contribution in [3.63, 3.8) is 0 Å². The minimum atomic E-state index is -1.40. The van der Waals surface area contributed by atoms with Crippen molar-refractivity contribution >= 4 is 28.4 Å². The molecule has 1 fully saturated rings. The summed E-state index contributed by atoms with van der Waals surface area (Å²) in [6.45, 7) is 8.53. The second-order valence-electron chi connectivity index (χ2n) is 10.3. The molecule has 2 aromatic heterocycles. The van der Waals surface area contributed by atoms with Gasteiger partial charge in [0.2, 0.25) is 5.43 Å². The lowest BCUT2D eigenvalue weighted by Gasteiger charge is -2.37. The SMILES string of the molecule is CCN(CC)Cc1ccc(-n2cc(C(=O)O)c(=O)c3cc(F)c(N4CCN(c5ncccc5C#N)CC4)c(OC)c32)cc1. The normalized spacial score (nSPS) is 13.4. The van der Waals surface area contributed by atoms with Gasteiger partial charge in [0, 0.05) is 50.8 Å². The van der Waals surface area contributed by atoms with E-state index in [-0.39, 0.29) is 22.3 Å². The monoisotopic (exact) mass is 584 g/mol. The molecule has 0 aliphatic carbocycles. The van der Waals surface area contributed by atoms with Gasteiger partial charge in [-0.15, -0.1) is 0 Å². The van der Waals surface area contributed by atoms with Crippen molar-refractivity contribution in [1.82, 2.24) is 14.5 Å². The number of hydrogen-bond acceptors (Lipinski definition) is 8. The molecule has 43 heavy (non-hydrogen) atoms. The Kier molecular flexibility index (Phi) is 8.59. The molecule has 1 aliphatic heterocycles. The molecule has 0 spiro atoms. The molecule has 0 unspecified atom stereocenters. The number of ether oxygens (including phenoxy) is 1. The summed E-state index contributed by atoms with van der Waals surface area (Å²) in [5.74, 6) is -1.37. The average molecular weight is 585 g/mol. The van der Waals surface area contributed by atoms with Crippen LogP contribution in [0.25, 0.3) is 16.6 Å². The number of aromatic carboxylic acids is 1. The zero-order valence-electron chi connectivity index (χ0n) is 24.4. The number of piperazine rings is 1. The van der Waals surface area contributed by atoms with Crippen LogP contribution in [0.5, 0.6) is 5.75 Å². The Morgan fingerprint density at radius 3 is 2.40 bits per heavy atom. The third kappa shape index (κ3) is 5.61. The number of aromatic nitrogens is 2. The molecule has 5 rings (SSSR count). The van der Waals surface area contributed by atoms with E-state index < -0.39 is 22.8 Å². The number of halogens is 1. The van der Waals surface area contributed by atoms with Gasteiger partial charge in [0.05, 0.1) is 18.1 Å². The zero-order valence-corrected chi connectivity index (χ0v) is 24.4. The summed E-state index contributed by atoms with van der Waals surface area (Å²) < 4.78 is 23.3. The Balaban J connectivity index is 1.60. The van der Waals surface area contributed by atoms with Crippen LogP contribution in [0.15, 0.2) is 59.7 Å². The Hall–Kier alpha value is -4.95. The Morgan fingerprint density at radius 2 is 1.79 bits per heavy atom. The van der Waals surface area contributed by atoms with Gasteiger partial charge in [-0.2, -0.15) is 5.26 Å². The van der Waals surface area contributed by atoms with Crippen molar-refractivity contribution in [2.45, 2.75) is 20.4 Å². The molecule has 1 saturated heterocycles. The summed E-state index contributed by atoms with van der Waals surface area (Å²) in [6, 6.07) is 14.3. The number of fused-ring (bicyclic) bond motifs is 1. The van der Waals surface area contributed by atoms with E-state index in [1.54, 1.807) is 22.9 Å². The van der Waals surface area contributed by atoms with E-state index in [1.807, 2.05) is 34.1 Å². The van der Waals surface area contributed by atoms with E-state index in [9.17, 15) is 20.0 Å². The number of carboxylic acid groups (broad SMARTS) is 1. The molecule has 1 N–H and O–H groups in total. The molecule has 0 bridgehead atoms. The minimum absolute atomic E-state index is 0.0870. The molecular formula is C32H33FN6O4. The van der Waals surface area contributed by atoms with Crippen LogP contribution in [-0.2, 0) is 6.54 Å². The fourth-order valence-corrected chi connectivity index (χ4v) is 5.61. The highest BCUT2D eigenvalue weighted by Crippen LogP contribution is 2.39. The number of nitriles is 1. The van der Waals surface area contributed by atoms with Crippen molar-refractivity contribution in [3.05, 3.63) is 87.6 Å². The second kappa shape index (κ2) is 12.5. The predicted molar refractivity (Wildman–Crippen MR) is 163 cm³/mol. The van der Waals surface area contributed by atoms with Crippen molar-refractivity contribution in [1.29, 1.82) is 5.26 Å². The van der Waals surface area contributed by atoms with Crippen molar-refractivity contribution in [2.75, 3.05) is 56.2 Å². The first-order chi connectivity index (χ1) is 20.8. The number of benzene rings is 2. The first-order valence-corrected chi connectivity index (χ1v) is 14.2. The summed E-state index contributed by atoms with van der Waals surface area (Å²) in [4.78, 5) is 35.8. The maximum atomic E-state index is 15.9. The molecule has 10 nitrogen and oxygen atoms in total. The zero-order chi connectivity index (χ0) is 30.7. The van der Waals surface area contributed by atoms with Crippen molar-refractivity contribution < 1.29 is 19.0 Å². The lowest BCUT2D eigenvalue weighted by Crippen LogP contribution is -2.47. The number of carbonyl (C=O) groups is 1. The smallest absolute Gasteiger partial charge is 0.341 e.